The van der Waals surface area contributed by atoms with E-state index in [2.05, 4.69) is 4.98 Å². The van der Waals surface area contributed by atoms with E-state index in [1.54, 1.807) is 18.1 Å². The lowest BCUT2D eigenvalue weighted by Gasteiger charge is -2.26. The molecule has 0 bridgehead atoms. The summed E-state index contributed by atoms with van der Waals surface area (Å²) in [6.45, 7) is 2.15. The van der Waals surface area contributed by atoms with Crippen molar-refractivity contribution in [1.29, 1.82) is 0 Å². The molecule has 2 aliphatic heterocycles. The van der Waals surface area contributed by atoms with Crippen LogP contribution in [0.1, 0.15) is 44.9 Å². The van der Waals surface area contributed by atoms with Crippen molar-refractivity contribution in [2.75, 3.05) is 25.9 Å². The summed E-state index contributed by atoms with van der Waals surface area (Å²) >= 11 is 1.31. The zero-order valence-corrected chi connectivity index (χ0v) is 17.0. The van der Waals surface area contributed by atoms with E-state index in [0.717, 1.165) is 42.6 Å². The second kappa shape index (κ2) is 6.81. The molecule has 0 unspecified atom stereocenters. The molecule has 1 saturated heterocycles. The van der Waals surface area contributed by atoms with Crippen LogP contribution in [0.3, 0.4) is 0 Å². The fraction of sp³-hybridized carbons (Fsp3) is 0.333. The van der Waals surface area contributed by atoms with Crippen LogP contribution in [0, 0.1) is 0 Å². The first-order valence-electron chi connectivity index (χ1n) is 9.76. The van der Waals surface area contributed by atoms with Crippen LogP contribution < -0.4 is 5.73 Å². The zero-order valence-electron chi connectivity index (χ0n) is 16.1. The number of likely N-dealkylation sites (tertiary alicyclic amines) is 1. The van der Waals surface area contributed by atoms with Crippen LogP contribution in [0.5, 0.6) is 0 Å². The molecular weight excluding hydrogens is 386 g/mol. The van der Waals surface area contributed by atoms with Crippen LogP contribution in [0.4, 0.5) is 5.69 Å². The van der Waals surface area contributed by atoms with Crippen LogP contribution in [-0.2, 0) is 6.54 Å². The summed E-state index contributed by atoms with van der Waals surface area (Å²) in [7, 11) is 1.79. The number of rotatable bonds is 2. The number of hydrogen-bond acceptors (Lipinski definition) is 6. The summed E-state index contributed by atoms with van der Waals surface area (Å²) in [5.41, 5.74) is 10.6. The first-order valence-corrected chi connectivity index (χ1v) is 10.6. The van der Waals surface area contributed by atoms with Gasteiger partial charge < -0.3 is 15.5 Å². The van der Waals surface area contributed by atoms with E-state index in [1.165, 1.54) is 17.8 Å². The van der Waals surface area contributed by atoms with E-state index in [9.17, 15) is 9.59 Å². The van der Waals surface area contributed by atoms with Crippen molar-refractivity contribution in [3.05, 3.63) is 40.4 Å². The van der Waals surface area contributed by atoms with Crippen molar-refractivity contribution in [3.8, 4) is 11.3 Å². The number of aromatic nitrogens is 2. The van der Waals surface area contributed by atoms with E-state index in [4.69, 9.17) is 10.7 Å². The molecule has 29 heavy (non-hydrogen) atoms. The van der Waals surface area contributed by atoms with Gasteiger partial charge in [0.25, 0.3) is 11.8 Å². The van der Waals surface area contributed by atoms with E-state index in [1.807, 2.05) is 23.1 Å². The lowest BCUT2D eigenvalue weighted by molar-refractivity contribution is 0.0729. The van der Waals surface area contributed by atoms with Gasteiger partial charge in [0.15, 0.2) is 0 Å². The maximum absolute atomic E-state index is 12.9. The Bertz CT molecular complexity index is 1150. The number of amides is 2. The third-order valence-electron chi connectivity index (χ3n) is 5.66. The standard InChI is InChI=1S/C21H21N5O2S/c1-25-11-13-9-12(5-6-14(13)20(25)27)15-10-23-17-16(22)18(29-19(17)24-15)21(28)26-7-3-2-4-8-26/h5-6,9-10H,2-4,7-8,11,22H2,1H3. The first-order chi connectivity index (χ1) is 14.0. The molecule has 8 heteroatoms. The Morgan fingerprint density at radius 3 is 2.79 bits per heavy atom. The summed E-state index contributed by atoms with van der Waals surface area (Å²) in [5, 5.41) is 0. The van der Waals surface area contributed by atoms with Crippen molar-refractivity contribution in [3.63, 3.8) is 0 Å². The average molecular weight is 407 g/mol. The maximum atomic E-state index is 12.9. The molecule has 1 fully saturated rings. The molecule has 2 aromatic heterocycles. The van der Waals surface area contributed by atoms with E-state index in [-0.39, 0.29) is 11.8 Å². The van der Waals surface area contributed by atoms with Crippen LogP contribution in [-0.4, -0.2) is 51.7 Å². The highest BCUT2D eigenvalue weighted by Crippen LogP contribution is 2.34. The summed E-state index contributed by atoms with van der Waals surface area (Å²) in [5.74, 6) is 0.0209. The molecule has 2 N–H and O–H groups in total. The quantitative estimate of drug-likeness (QED) is 0.704. The highest BCUT2D eigenvalue weighted by atomic mass is 32.1. The molecular formula is C21H21N5O2S. The number of benzene rings is 1. The lowest BCUT2D eigenvalue weighted by atomic mass is 10.0. The van der Waals surface area contributed by atoms with Gasteiger partial charge in [-0.25, -0.2) is 9.97 Å². The second-order valence-corrected chi connectivity index (χ2v) is 8.64. The Morgan fingerprint density at radius 2 is 2.00 bits per heavy atom. The molecule has 2 amide bonds. The maximum Gasteiger partial charge on any atom is 0.266 e. The van der Waals surface area contributed by atoms with Crippen LogP contribution in [0.25, 0.3) is 21.6 Å². The number of nitrogen functional groups attached to an aromatic ring is 1. The Labute approximate surface area is 172 Å². The summed E-state index contributed by atoms with van der Waals surface area (Å²) in [6, 6.07) is 5.72. The molecule has 0 aliphatic carbocycles. The van der Waals surface area contributed by atoms with Crippen LogP contribution >= 0.6 is 11.3 Å². The number of fused-ring (bicyclic) bond motifs is 2. The van der Waals surface area contributed by atoms with Crippen LogP contribution in [0.2, 0.25) is 0 Å². The average Bonchev–Trinajstić information content (AvgIpc) is 3.23. The van der Waals surface area contributed by atoms with Crippen molar-refractivity contribution in [2.24, 2.45) is 0 Å². The predicted molar refractivity (Wildman–Crippen MR) is 113 cm³/mol. The molecule has 7 nitrogen and oxygen atoms in total. The number of nitrogens with zero attached hydrogens (tertiary/aromatic N) is 4. The number of hydrogen-bond donors (Lipinski definition) is 1. The van der Waals surface area contributed by atoms with Gasteiger partial charge in [-0.1, -0.05) is 6.07 Å². The normalized spacial score (nSPS) is 16.5. The summed E-state index contributed by atoms with van der Waals surface area (Å²) in [4.78, 5) is 39.0. The highest BCUT2D eigenvalue weighted by Gasteiger charge is 2.26. The fourth-order valence-electron chi connectivity index (χ4n) is 4.05. The molecule has 4 heterocycles. The Balaban J connectivity index is 1.51. The van der Waals surface area contributed by atoms with Gasteiger partial charge in [-0.15, -0.1) is 11.3 Å². The van der Waals surface area contributed by atoms with E-state index in [0.29, 0.717) is 33.2 Å². The van der Waals surface area contributed by atoms with Gasteiger partial charge >= 0.3 is 0 Å². The Morgan fingerprint density at radius 1 is 1.21 bits per heavy atom. The number of anilines is 1. The number of carbonyl (C=O) groups is 2. The van der Waals surface area contributed by atoms with Gasteiger partial charge in [0, 0.05) is 37.8 Å². The second-order valence-electron chi connectivity index (χ2n) is 7.64. The van der Waals surface area contributed by atoms with Gasteiger partial charge in [0.05, 0.1) is 17.6 Å². The lowest BCUT2D eigenvalue weighted by Crippen LogP contribution is -2.35. The van der Waals surface area contributed by atoms with Crippen molar-refractivity contribution < 1.29 is 9.59 Å². The van der Waals surface area contributed by atoms with Crippen molar-refractivity contribution in [2.45, 2.75) is 25.8 Å². The molecule has 0 radical (unpaired) electrons. The predicted octanol–water partition coefficient (Wildman–Crippen LogP) is 3.15. The van der Waals surface area contributed by atoms with Gasteiger partial charge in [0.2, 0.25) is 0 Å². The fourth-order valence-corrected chi connectivity index (χ4v) is 5.07. The van der Waals surface area contributed by atoms with Crippen molar-refractivity contribution >= 4 is 39.2 Å². The summed E-state index contributed by atoms with van der Waals surface area (Å²) in [6.07, 6.45) is 4.92. The molecule has 2 aliphatic rings. The highest BCUT2D eigenvalue weighted by molar-refractivity contribution is 7.21. The number of nitrogens with two attached hydrogens (primary N) is 1. The minimum absolute atomic E-state index is 0.0207. The van der Waals surface area contributed by atoms with Crippen molar-refractivity contribution in [1.82, 2.24) is 19.8 Å². The Hall–Kier alpha value is -3.00. The van der Waals surface area contributed by atoms with Crippen LogP contribution in [0.15, 0.2) is 24.4 Å². The van der Waals surface area contributed by atoms with Gasteiger partial charge in [-0.2, -0.15) is 0 Å². The largest absolute Gasteiger partial charge is 0.396 e. The van der Waals surface area contributed by atoms with Gasteiger partial charge in [-0.05, 0) is 37.0 Å². The minimum Gasteiger partial charge on any atom is -0.396 e. The molecule has 3 aromatic rings. The number of piperidine rings is 1. The third-order valence-corrected chi connectivity index (χ3v) is 6.74. The van der Waals surface area contributed by atoms with Gasteiger partial charge in [-0.3, -0.25) is 9.59 Å². The molecule has 5 rings (SSSR count). The molecule has 148 valence electrons. The summed E-state index contributed by atoms with van der Waals surface area (Å²) < 4.78 is 0. The van der Waals surface area contributed by atoms with E-state index < -0.39 is 0 Å². The number of thiophene rings is 1. The molecule has 0 saturated carbocycles. The smallest absolute Gasteiger partial charge is 0.266 e. The topological polar surface area (TPSA) is 92.4 Å². The van der Waals surface area contributed by atoms with Gasteiger partial charge in [0.1, 0.15) is 15.2 Å². The zero-order chi connectivity index (χ0) is 20.1. The van der Waals surface area contributed by atoms with E-state index >= 15 is 0 Å². The number of carbonyl (C=O) groups excluding carboxylic acids is 2. The SMILES string of the molecule is CN1Cc2cc(-c3cnc4c(N)c(C(=O)N5CCCCC5)sc4n3)ccc2C1=O. The minimum atomic E-state index is -0.0207. The first kappa shape index (κ1) is 18.1. The molecule has 0 spiro atoms. The molecule has 0 atom stereocenters. The third kappa shape index (κ3) is 2.95. The molecule has 1 aromatic carbocycles. The monoisotopic (exact) mass is 407 g/mol. The Kier molecular flexibility index (Phi) is 4.24.